The summed E-state index contributed by atoms with van der Waals surface area (Å²) in [6.07, 6.45) is 6.13. The fourth-order valence-corrected chi connectivity index (χ4v) is 2.99. The molecular weight excluding hydrogens is 326 g/mol. The molecule has 1 aliphatic rings. The van der Waals surface area contributed by atoms with Crippen LogP contribution in [0.25, 0.3) is 0 Å². The molecule has 128 valence electrons. The van der Waals surface area contributed by atoms with Gasteiger partial charge in [-0.05, 0) is 37.1 Å². The van der Waals surface area contributed by atoms with Crippen molar-refractivity contribution in [2.45, 2.75) is 31.4 Å². The first-order valence-corrected chi connectivity index (χ1v) is 8.29. The van der Waals surface area contributed by atoms with E-state index in [1.807, 2.05) is 18.2 Å². The number of rotatable bonds is 8. The van der Waals surface area contributed by atoms with E-state index in [2.05, 4.69) is 11.9 Å². The second-order valence-corrected chi connectivity index (χ2v) is 6.64. The highest BCUT2D eigenvalue weighted by Crippen LogP contribution is 2.31. The second kappa shape index (κ2) is 8.29. The lowest BCUT2D eigenvalue weighted by atomic mass is 9.84. The molecule has 0 bridgehead atoms. The van der Waals surface area contributed by atoms with Crippen LogP contribution in [0.3, 0.4) is 0 Å². The van der Waals surface area contributed by atoms with Crippen LogP contribution in [0.2, 0.25) is 5.02 Å². The zero-order valence-electron chi connectivity index (χ0n) is 13.7. The summed E-state index contributed by atoms with van der Waals surface area (Å²) < 4.78 is 5.60. The van der Waals surface area contributed by atoms with E-state index in [1.54, 1.807) is 24.4 Å². The molecule has 0 amide bonds. The molecule has 0 aromatic heterocycles. The molecule has 5 nitrogen and oxygen atoms in total. The van der Waals surface area contributed by atoms with E-state index in [-0.39, 0.29) is 6.61 Å². The monoisotopic (exact) mass is 347 g/mol. The van der Waals surface area contributed by atoms with Crippen LogP contribution in [0.5, 0.6) is 5.75 Å². The Hall–Kier alpha value is -1.87. The Balaban J connectivity index is 1.99. The molecule has 0 saturated carbocycles. The lowest BCUT2D eigenvalue weighted by Gasteiger charge is -2.29. The number of aliphatic hydroxyl groups is 1. The smallest absolute Gasteiger partial charge is 0.138 e. The van der Waals surface area contributed by atoms with Crippen molar-refractivity contribution >= 4 is 17.8 Å². The SMILES string of the molecule is CC(CN)CC1(CC(O)COc2cc(Cl)ccc2C#N)C=CC=N1. The summed E-state index contributed by atoms with van der Waals surface area (Å²) in [7, 11) is 0. The Bertz CT molecular complexity index is 655. The first kappa shape index (κ1) is 18.5. The zero-order chi connectivity index (χ0) is 17.6. The number of benzene rings is 1. The maximum Gasteiger partial charge on any atom is 0.138 e. The van der Waals surface area contributed by atoms with Gasteiger partial charge in [-0.1, -0.05) is 24.6 Å². The van der Waals surface area contributed by atoms with Gasteiger partial charge in [0.05, 0.1) is 17.2 Å². The Morgan fingerprint density at radius 3 is 2.88 bits per heavy atom. The fourth-order valence-electron chi connectivity index (χ4n) is 2.83. The molecular formula is C18H22ClN3O2. The Labute approximate surface area is 147 Å². The molecule has 2 rings (SSSR count). The topological polar surface area (TPSA) is 91.6 Å². The molecule has 1 aliphatic heterocycles. The van der Waals surface area contributed by atoms with Crippen LogP contribution in [-0.4, -0.2) is 36.1 Å². The number of ether oxygens (including phenoxy) is 1. The molecule has 0 spiro atoms. The number of nitrogens with zero attached hydrogens (tertiary/aromatic N) is 2. The number of aliphatic imine (C=N–C) groups is 1. The molecule has 0 fully saturated rings. The minimum atomic E-state index is -0.722. The summed E-state index contributed by atoms with van der Waals surface area (Å²) in [6.45, 7) is 2.71. The van der Waals surface area contributed by atoms with E-state index in [0.717, 1.165) is 6.42 Å². The van der Waals surface area contributed by atoms with Crippen LogP contribution in [0.1, 0.15) is 25.3 Å². The van der Waals surface area contributed by atoms with Gasteiger partial charge in [-0.25, -0.2) is 0 Å². The number of nitrogens with two attached hydrogens (primary N) is 1. The van der Waals surface area contributed by atoms with E-state index >= 15 is 0 Å². The zero-order valence-corrected chi connectivity index (χ0v) is 14.4. The Kier molecular flexibility index (Phi) is 6.38. The highest BCUT2D eigenvalue weighted by Gasteiger charge is 2.32. The molecule has 0 saturated heterocycles. The lowest BCUT2D eigenvalue weighted by molar-refractivity contribution is 0.0825. The summed E-state index contributed by atoms with van der Waals surface area (Å²) >= 11 is 5.93. The van der Waals surface area contributed by atoms with E-state index in [9.17, 15) is 5.11 Å². The number of nitriles is 1. The summed E-state index contributed by atoms with van der Waals surface area (Å²) in [4.78, 5) is 4.52. The molecule has 3 N–H and O–H groups in total. The summed E-state index contributed by atoms with van der Waals surface area (Å²) in [5.41, 5.74) is 5.66. The number of hydrogen-bond acceptors (Lipinski definition) is 5. The van der Waals surface area contributed by atoms with Gasteiger partial charge in [0.2, 0.25) is 0 Å². The van der Waals surface area contributed by atoms with Crippen molar-refractivity contribution in [1.82, 2.24) is 0 Å². The van der Waals surface area contributed by atoms with Crippen molar-refractivity contribution < 1.29 is 9.84 Å². The van der Waals surface area contributed by atoms with Gasteiger partial charge in [-0.15, -0.1) is 0 Å². The second-order valence-electron chi connectivity index (χ2n) is 6.21. The minimum absolute atomic E-state index is 0.0666. The molecule has 1 aromatic rings. The van der Waals surface area contributed by atoms with Crippen LogP contribution in [0.4, 0.5) is 0 Å². The van der Waals surface area contributed by atoms with E-state index in [4.69, 9.17) is 27.3 Å². The molecule has 3 atom stereocenters. The largest absolute Gasteiger partial charge is 0.489 e. The number of allylic oxidation sites excluding steroid dienone is 1. The van der Waals surface area contributed by atoms with Gasteiger partial charge in [0, 0.05) is 23.7 Å². The van der Waals surface area contributed by atoms with Gasteiger partial charge in [-0.3, -0.25) is 4.99 Å². The minimum Gasteiger partial charge on any atom is -0.489 e. The van der Waals surface area contributed by atoms with Crippen LogP contribution in [-0.2, 0) is 0 Å². The first-order chi connectivity index (χ1) is 11.5. The maximum atomic E-state index is 10.4. The highest BCUT2D eigenvalue weighted by molar-refractivity contribution is 6.30. The first-order valence-electron chi connectivity index (χ1n) is 7.91. The lowest BCUT2D eigenvalue weighted by Crippen LogP contribution is -2.34. The van der Waals surface area contributed by atoms with Crippen molar-refractivity contribution in [3.63, 3.8) is 0 Å². The molecule has 0 aliphatic carbocycles. The van der Waals surface area contributed by atoms with Crippen molar-refractivity contribution in [2.24, 2.45) is 16.6 Å². The molecule has 24 heavy (non-hydrogen) atoms. The average Bonchev–Trinajstić information content (AvgIpc) is 3.00. The van der Waals surface area contributed by atoms with Gasteiger partial charge in [0.15, 0.2) is 0 Å². The number of hydrogen-bond donors (Lipinski definition) is 2. The van der Waals surface area contributed by atoms with Crippen LogP contribution in [0, 0.1) is 17.2 Å². The third-order valence-electron chi connectivity index (χ3n) is 4.01. The normalized spacial score (nSPS) is 21.5. The maximum absolute atomic E-state index is 10.4. The number of aliphatic hydroxyl groups excluding tert-OH is 1. The van der Waals surface area contributed by atoms with Gasteiger partial charge in [-0.2, -0.15) is 5.26 Å². The summed E-state index contributed by atoms with van der Waals surface area (Å²) in [6, 6.07) is 6.85. The van der Waals surface area contributed by atoms with Crippen molar-refractivity contribution in [1.29, 1.82) is 5.26 Å². The van der Waals surface area contributed by atoms with Gasteiger partial charge < -0.3 is 15.6 Å². The van der Waals surface area contributed by atoms with Gasteiger partial charge >= 0.3 is 0 Å². The predicted octanol–water partition coefficient (Wildman–Crippen LogP) is 2.71. The Morgan fingerprint density at radius 2 is 2.25 bits per heavy atom. The summed E-state index contributed by atoms with van der Waals surface area (Å²) in [5.74, 6) is 0.676. The molecule has 6 heteroatoms. The standard InChI is InChI=1S/C18H22ClN3O2/c1-13(10-20)8-18(5-2-6-22-18)9-16(23)12-24-17-7-15(19)4-3-14(17)11-21/h2-7,13,16,23H,8-10,12,20H2,1H3. The third-order valence-corrected chi connectivity index (χ3v) is 4.25. The molecule has 3 unspecified atom stereocenters. The highest BCUT2D eigenvalue weighted by atomic mass is 35.5. The molecule has 1 aromatic carbocycles. The van der Waals surface area contributed by atoms with Crippen molar-refractivity contribution in [3.8, 4) is 11.8 Å². The van der Waals surface area contributed by atoms with Crippen LogP contribution in [0.15, 0.2) is 35.3 Å². The van der Waals surface area contributed by atoms with Crippen molar-refractivity contribution in [3.05, 3.63) is 40.9 Å². The fraction of sp³-hybridized carbons (Fsp3) is 0.444. The van der Waals surface area contributed by atoms with E-state index < -0.39 is 11.6 Å². The molecule has 1 heterocycles. The van der Waals surface area contributed by atoms with E-state index in [0.29, 0.717) is 35.2 Å². The van der Waals surface area contributed by atoms with Gasteiger partial charge in [0.1, 0.15) is 18.4 Å². The van der Waals surface area contributed by atoms with Gasteiger partial charge in [0.25, 0.3) is 0 Å². The van der Waals surface area contributed by atoms with E-state index in [1.165, 1.54) is 0 Å². The Morgan fingerprint density at radius 1 is 1.46 bits per heavy atom. The predicted molar refractivity (Wildman–Crippen MR) is 95.5 cm³/mol. The van der Waals surface area contributed by atoms with Crippen LogP contribution < -0.4 is 10.5 Å². The summed E-state index contributed by atoms with van der Waals surface area (Å²) in [5, 5.41) is 20.0. The third kappa shape index (κ3) is 4.81. The van der Waals surface area contributed by atoms with Crippen molar-refractivity contribution in [2.75, 3.05) is 13.2 Å². The molecule has 0 radical (unpaired) electrons. The quantitative estimate of drug-likeness (QED) is 0.756. The number of halogens is 1. The van der Waals surface area contributed by atoms with Crippen LogP contribution >= 0.6 is 11.6 Å². The average molecular weight is 348 g/mol.